The Morgan fingerprint density at radius 3 is 2.50 bits per heavy atom. The van der Waals surface area contributed by atoms with Gasteiger partial charge >= 0.3 is 0 Å². The van der Waals surface area contributed by atoms with Crippen molar-refractivity contribution in [1.29, 1.82) is 0 Å². The zero-order chi connectivity index (χ0) is 13.9. The molecule has 1 N–H and O–H groups in total. The van der Waals surface area contributed by atoms with E-state index in [0.717, 1.165) is 6.61 Å². The SMILES string of the molecule is CC1COC(P(C)P)OC1C(C)C(C)[C@@H](C)CO. The van der Waals surface area contributed by atoms with Crippen molar-refractivity contribution in [3.8, 4) is 0 Å². The molecule has 0 spiro atoms. The number of hydrogen-bond acceptors (Lipinski definition) is 3. The monoisotopic (exact) mass is 294 g/mol. The minimum Gasteiger partial charge on any atom is -0.396 e. The molecule has 0 aromatic carbocycles. The van der Waals surface area contributed by atoms with Crippen LogP contribution in [-0.4, -0.2) is 37.1 Å². The number of ether oxygens (including phenoxy) is 2. The molecular weight excluding hydrogens is 266 g/mol. The van der Waals surface area contributed by atoms with Gasteiger partial charge in [0, 0.05) is 12.5 Å². The molecule has 1 rings (SSSR count). The van der Waals surface area contributed by atoms with Crippen LogP contribution in [0.4, 0.5) is 0 Å². The molecular formula is C13H28O3P2. The molecule has 0 aliphatic carbocycles. The van der Waals surface area contributed by atoms with E-state index in [1.807, 2.05) is 0 Å². The van der Waals surface area contributed by atoms with Crippen molar-refractivity contribution in [3.63, 3.8) is 0 Å². The van der Waals surface area contributed by atoms with Crippen LogP contribution in [0.5, 0.6) is 0 Å². The highest BCUT2D eigenvalue weighted by molar-refractivity contribution is 8.13. The topological polar surface area (TPSA) is 38.7 Å². The predicted octanol–water partition coefficient (Wildman–Crippen LogP) is 3.12. The third-order valence-electron chi connectivity index (χ3n) is 4.20. The van der Waals surface area contributed by atoms with Gasteiger partial charge in [0.1, 0.15) is 0 Å². The Bertz CT molecular complexity index is 250. The predicted molar refractivity (Wildman–Crippen MR) is 80.9 cm³/mol. The lowest BCUT2D eigenvalue weighted by Gasteiger charge is -2.42. The number of aliphatic hydroxyl groups excluding tert-OH is 1. The molecule has 8 atom stereocenters. The van der Waals surface area contributed by atoms with Gasteiger partial charge in [0.25, 0.3) is 0 Å². The van der Waals surface area contributed by atoms with Crippen LogP contribution in [0.15, 0.2) is 0 Å². The van der Waals surface area contributed by atoms with Crippen LogP contribution in [0.1, 0.15) is 27.7 Å². The highest BCUT2D eigenvalue weighted by atomic mass is 32.0. The zero-order valence-corrected chi connectivity index (χ0v) is 14.2. The third-order valence-corrected chi connectivity index (χ3v) is 5.87. The number of hydrogen-bond donors (Lipinski definition) is 1. The van der Waals surface area contributed by atoms with E-state index in [1.54, 1.807) is 0 Å². The lowest BCUT2D eigenvalue weighted by Crippen LogP contribution is -2.44. The van der Waals surface area contributed by atoms with Crippen molar-refractivity contribution in [2.45, 2.75) is 39.8 Å². The van der Waals surface area contributed by atoms with E-state index in [9.17, 15) is 5.11 Å². The normalized spacial score (nSPS) is 35.8. The second-order valence-electron chi connectivity index (χ2n) is 5.76. The molecule has 0 aromatic heterocycles. The minimum atomic E-state index is -0.304. The van der Waals surface area contributed by atoms with Gasteiger partial charge in [-0.1, -0.05) is 27.7 Å². The van der Waals surface area contributed by atoms with E-state index in [4.69, 9.17) is 9.47 Å². The van der Waals surface area contributed by atoms with E-state index < -0.39 is 0 Å². The Hall–Kier alpha value is 0.740. The Morgan fingerprint density at radius 2 is 2.00 bits per heavy atom. The van der Waals surface area contributed by atoms with E-state index >= 15 is 0 Å². The maximum absolute atomic E-state index is 9.29. The first-order valence-electron chi connectivity index (χ1n) is 6.73. The third kappa shape index (κ3) is 4.12. The molecule has 1 aliphatic heterocycles. The van der Waals surface area contributed by atoms with Crippen LogP contribution < -0.4 is 0 Å². The van der Waals surface area contributed by atoms with Crippen molar-refractivity contribution in [2.75, 3.05) is 19.9 Å². The maximum Gasteiger partial charge on any atom is 0.179 e. The molecule has 1 aliphatic rings. The Balaban J connectivity index is 2.66. The molecule has 0 saturated carbocycles. The molecule has 0 bridgehead atoms. The standard InChI is InChI=1S/C13H28O3P2/c1-8(6-14)10(3)11(4)12-9(2)7-15-13(16-12)18(5)17/h8-14H,6-7,17H2,1-5H3/t8-,9?,10?,11?,12?,13?,18?/m0/s1. The molecule has 1 saturated heterocycles. The summed E-state index contributed by atoms with van der Waals surface area (Å²) in [5.41, 5.74) is 0. The van der Waals surface area contributed by atoms with E-state index in [2.05, 4.69) is 43.3 Å². The summed E-state index contributed by atoms with van der Waals surface area (Å²) < 4.78 is 11.9. The second kappa shape index (κ2) is 7.50. The first-order chi connectivity index (χ1) is 8.38. The van der Waals surface area contributed by atoms with Gasteiger partial charge in [0.15, 0.2) is 6.03 Å². The van der Waals surface area contributed by atoms with Gasteiger partial charge < -0.3 is 14.6 Å². The molecule has 108 valence electrons. The molecule has 0 aromatic rings. The summed E-state index contributed by atoms with van der Waals surface area (Å²) in [6.45, 7) is 11.9. The van der Waals surface area contributed by atoms with E-state index in [0.29, 0.717) is 23.7 Å². The van der Waals surface area contributed by atoms with Crippen LogP contribution >= 0.6 is 16.5 Å². The summed E-state index contributed by atoms with van der Waals surface area (Å²) in [6.07, 6.45) is 0.234. The van der Waals surface area contributed by atoms with Gasteiger partial charge in [0.05, 0.1) is 12.7 Å². The molecule has 0 radical (unpaired) electrons. The van der Waals surface area contributed by atoms with Crippen LogP contribution in [0.25, 0.3) is 0 Å². The first-order valence-corrected chi connectivity index (χ1v) is 10.2. The smallest absolute Gasteiger partial charge is 0.179 e. The molecule has 3 nitrogen and oxygen atoms in total. The van der Waals surface area contributed by atoms with Gasteiger partial charge in [-0.15, -0.1) is 8.93 Å². The van der Waals surface area contributed by atoms with Crippen molar-refractivity contribution in [3.05, 3.63) is 0 Å². The summed E-state index contributed by atoms with van der Waals surface area (Å²) in [5, 5.41) is 9.29. The molecule has 5 heteroatoms. The molecule has 0 amide bonds. The largest absolute Gasteiger partial charge is 0.396 e. The van der Waals surface area contributed by atoms with Crippen LogP contribution in [-0.2, 0) is 9.47 Å². The van der Waals surface area contributed by atoms with Crippen molar-refractivity contribution >= 4 is 16.5 Å². The van der Waals surface area contributed by atoms with Gasteiger partial charge in [-0.05, 0) is 32.0 Å². The first kappa shape index (κ1) is 16.8. The van der Waals surface area contributed by atoms with E-state index in [-0.39, 0.29) is 26.4 Å². The minimum absolute atomic E-state index is 0.0507. The van der Waals surface area contributed by atoms with Gasteiger partial charge in [0.2, 0.25) is 0 Å². The number of aliphatic hydroxyl groups is 1. The Kier molecular flexibility index (Phi) is 7.00. The lowest BCUT2D eigenvalue weighted by atomic mass is 9.78. The summed E-state index contributed by atoms with van der Waals surface area (Å²) in [7, 11) is 2.51. The fourth-order valence-corrected chi connectivity index (χ4v) is 3.60. The molecule has 1 heterocycles. The van der Waals surface area contributed by atoms with Crippen LogP contribution in [0.2, 0.25) is 0 Å². The summed E-state index contributed by atoms with van der Waals surface area (Å²) in [5.74, 6) is 1.63. The molecule has 18 heavy (non-hydrogen) atoms. The van der Waals surface area contributed by atoms with E-state index in [1.165, 1.54) is 0 Å². The van der Waals surface area contributed by atoms with Crippen molar-refractivity contribution < 1.29 is 14.6 Å². The quantitative estimate of drug-likeness (QED) is 0.792. The number of rotatable bonds is 5. The highest BCUT2D eigenvalue weighted by Crippen LogP contribution is 2.49. The highest BCUT2D eigenvalue weighted by Gasteiger charge is 2.37. The van der Waals surface area contributed by atoms with Gasteiger partial charge in [-0.25, -0.2) is 0 Å². The van der Waals surface area contributed by atoms with Crippen molar-refractivity contribution in [1.82, 2.24) is 0 Å². The maximum atomic E-state index is 9.29. The fourth-order valence-electron chi connectivity index (χ4n) is 2.48. The van der Waals surface area contributed by atoms with Crippen LogP contribution in [0, 0.1) is 23.7 Å². The Morgan fingerprint density at radius 1 is 1.39 bits per heavy atom. The average Bonchev–Trinajstić information content (AvgIpc) is 2.36. The molecule has 7 unspecified atom stereocenters. The van der Waals surface area contributed by atoms with Gasteiger partial charge in [-0.3, -0.25) is 0 Å². The lowest BCUT2D eigenvalue weighted by molar-refractivity contribution is -0.209. The zero-order valence-electron chi connectivity index (χ0n) is 12.2. The summed E-state index contributed by atoms with van der Waals surface area (Å²) in [6, 6.07) is -0.0507. The average molecular weight is 294 g/mol. The molecule has 1 fully saturated rings. The summed E-state index contributed by atoms with van der Waals surface area (Å²) in [4.78, 5) is 0. The summed E-state index contributed by atoms with van der Waals surface area (Å²) >= 11 is 0. The fraction of sp³-hybridized carbons (Fsp3) is 1.00. The Labute approximate surface area is 115 Å². The van der Waals surface area contributed by atoms with Gasteiger partial charge in [-0.2, -0.15) is 0 Å². The second-order valence-corrected chi connectivity index (χ2v) is 9.96. The van der Waals surface area contributed by atoms with Crippen LogP contribution in [0.3, 0.4) is 0 Å². The van der Waals surface area contributed by atoms with Crippen molar-refractivity contribution in [2.24, 2.45) is 23.7 Å².